The molecule has 4 rings (SSSR count). The van der Waals surface area contributed by atoms with Crippen LogP contribution in [0.5, 0.6) is 0 Å². The molecule has 0 radical (unpaired) electrons. The van der Waals surface area contributed by atoms with Crippen molar-refractivity contribution in [3.63, 3.8) is 0 Å². The van der Waals surface area contributed by atoms with Crippen molar-refractivity contribution in [3.8, 4) is 0 Å². The number of carbonyl (C=O) groups is 2. The van der Waals surface area contributed by atoms with E-state index in [1.165, 1.54) is 5.57 Å². The molecule has 0 bridgehead atoms. The number of fused-ring (bicyclic) bond motifs is 1. The van der Waals surface area contributed by atoms with E-state index in [2.05, 4.69) is 13.0 Å². The minimum atomic E-state index is -0.990. The monoisotopic (exact) mass is 345 g/mol. The number of hydrogen-bond donors (Lipinski definition) is 1. The van der Waals surface area contributed by atoms with Crippen LogP contribution < -0.4 is 4.90 Å². The van der Waals surface area contributed by atoms with Gasteiger partial charge in [0.25, 0.3) is 0 Å². The van der Waals surface area contributed by atoms with Crippen LogP contribution >= 0.6 is 0 Å². The molecule has 1 amide bonds. The third-order valence-corrected chi connectivity index (χ3v) is 4.98. The topological polar surface area (TPSA) is 57.6 Å². The van der Waals surface area contributed by atoms with Gasteiger partial charge in [0.2, 0.25) is 5.91 Å². The van der Waals surface area contributed by atoms with E-state index in [4.69, 9.17) is 0 Å². The van der Waals surface area contributed by atoms with E-state index >= 15 is 0 Å². The maximum Gasteiger partial charge on any atom is 0.335 e. The van der Waals surface area contributed by atoms with Gasteiger partial charge in [-0.3, -0.25) is 9.69 Å². The summed E-state index contributed by atoms with van der Waals surface area (Å²) in [4.78, 5) is 25.9. The lowest BCUT2D eigenvalue weighted by atomic mass is 9.92. The van der Waals surface area contributed by atoms with Crippen LogP contribution in [-0.2, 0) is 11.2 Å². The molecule has 0 unspecified atom stereocenters. The lowest BCUT2D eigenvalue weighted by Gasteiger charge is -2.21. The lowest BCUT2D eigenvalue weighted by molar-refractivity contribution is -0.116. The molecule has 0 saturated carbocycles. The minimum Gasteiger partial charge on any atom is -0.478 e. The van der Waals surface area contributed by atoms with Crippen LogP contribution in [0.3, 0.4) is 0 Å². The predicted octanol–water partition coefficient (Wildman–Crippen LogP) is 4.73. The molecule has 1 heterocycles. The summed E-state index contributed by atoms with van der Waals surface area (Å²) in [5.41, 5.74) is 5.88. The molecule has 26 heavy (non-hydrogen) atoms. The number of amides is 1. The van der Waals surface area contributed by atoms with Crippen LogP contribution in [0.25, 0.3) is 5.57 Å². The fraction of sp³-hybridized carbons (Fsp3) is 0.182. The van der Waals surface area contributed by atoms with E-state index < -0.39 is 5.97 Å². The van der Waals surface area contributed by atoms with Crippen molar-refractivity contribution in [3.05, 3.63) is 76.9 Å². The summed E-state index contributed by atoms with van der Waals surface area (Å²) >= 11 is 0. The van der Waals surface area contributed by atoms with E-state index in [-0.39, 0.29) is 11.5 Å². The van der Waals surface area contributed by atoms with Crippen LogP contribution in [0.1, 0.15) is 41.3 Å². The Bertz CT molecular complexity index is 985. The third kappa shape index (κ3) is 2.84. The summed E-state index contributed by atoms with van der Waals surface area (Å²) in [7, 11) is 0. The molecule has 4 nitrogen and oxygen atoms in total. The summed E-state index contributed by atoms with van der Waals surface area (Å²) in [6.07, 6.45) is 6.29. The summed E-state index contributed by atoms with van der Waals surface area (Å²) in [5.74, 6) is -1.02. The first-order valence-corrected chi connectivity index (χ1v) is 8.69. The molecule has 2 aromatic rings. The predicted molar refractivity (Wildman–Crippen MR) is 102 cm³/mol. The molecule has 130 valence electrons. The summed E-state index contributed by atoms with van der Waals surface area (Å²) < 4.78 is 0. The Hall–Kier alpha value is -3.14. The van der Waals surface area contributed by atoms with Gasteiger partial charge in [0.15, 0.2) is 0 Å². The second kappa shape index (κ2) is 6.30. The van der Waals surface area contributed by atoms with Gasteiger partial charge in [0, 0.05) is 0 Å². The quantitative estimate of drug-likeness (QED) is 0.875. The van der Waals surface area contributed by atoms with Gasteiger partial charge in [-0.05, 0) is 60.7 Å². The Morgan fingerprint density at radius 2 is 1.88 bits per heavy atom. The fourth-order valence-electron chi connectivity index (χ4n) is 3.57. The van der Waals surface area contributed by atoms with Crippen LogP contribution in [0.4, 0.5) is 11.4 Å². The zero-order valence-electron chi connectivity index (χ0n) is 14.5. The molecular weight excluding hydrogens is 326 g/mol. The molecule has 1 aliphatic carbocycles. The number of aromatic carboxylic acids is 1. The van der Waals surface area contributed by atoms with Crippen LogP contribution in [0.15, 0.2) is 60.2 Å². The van der Waals surface area contributed by atoms with Gasteiger partial charge in [-0.25, -0.2) is 4.79 Å². The van der Waals surface area contributed by atoms with E-state index in [1.807, 2.05) is 36.4 Å². The van der Waals surface area contributed by atoms with E-state index in [0.717, 1.165) is 35.2 Å². The maximum atomic E-state index is 12.6. The highest BCUT2D eigenvalue weighted by atomic mass is 16.4. The number of anilines is 2. The van der Waals surface area contributed by atoms with Gasteiger partial charge < -0.3 is 5.11 Å². The van der Waals surface area contributed by atoms with E-state index in [0.29, 0.717) is 12.1 Å². The normalized spacial score (nSPS) is 16.2. The number of hydrogen-bond acceptors (Lipinski definition) is 2. The van der Waals surface area contributed by atoms with Gasteiger partial charge in [-0.15, -0.1) is 0 Å². The highest BCUT2D eigenvalue weighted by Gasteiger charge is 2.29. The molecule has 0 spiro atoms. The number of rotatable bonds is 3. The van der Waals surface area contributed by atoms with Crippen molar-refractivity contribution in [2.75, 3.05) is 4.90 Å². The molecule has 0 saturated heterocycles. The van der Waals surface area contributed by atoms with Crippen molar-refractivity contribution in [1.29, 1.82) is 0 Å². The zero-order valence-corrected chi connectivity index (χ0v) is 14.5. The summed E-state index contributed by atoms with van der Waals surface area (Å²) in [6.45, 7) is 2.09. The number of benzene rings is 2. The molecule has 0 atom stereocenters. The Kier molecular flexibility index (Phi) is 3.96. The largest absolute Gasteiger partial charge is 0.478 e. The fourth-order valence-corrected chi connectivity index (χ4v) is 3.57. The molecule has 0 fully saturated rings. The number of para-hydroxylation sites is 1. The van der Waals surface area contributed by atoms with E-state index in [9.17, 15) is 14.7 Å². The average Bonchev–Trinajstić information content (AvgIpc) is 2.97. The Labute approximate surface area is 152 Å². The molecule has 0 aromatic heterocycles. The first-order valence-electron chi connectivity index (χ1n) is 8.69. The number of allylic oxidation sites excluding steroid dienone is 4. The van der Waals surface area contributed by atoms with Gasteiger partial charge in [0.05, 0.1) is 23.4 Å². The minimum absolute atomic E-state index is 0.0342. The first kappa shape index (κ1) is 16.3. The highest BCUT2D eigenvalue weighted by molar-refractivity contribution is 6.08. The lowest BCUT2D eigenvalue weighted by Crippen LogP contribution is -2.21. The molecule has 2 aromatic carbocycles. The smallest absolute Gasteiger partial charge is 0.335 e. The van der Waals surface area contributed by atoms with Crippen molar-refractivity contribution in [2.45, 2.75) is 26.2 Å². The van der Waals surface area contributed by atoms with Gasteiger partial charge in [0.1, 0.15) is 0 Å². The molecule has 1 aliphatic heterocycles. The van der Waals surface area contributed by atoms with E-state index in [1.54, 1.807) is 17.0 Å². The Balaban J connectivity index is 1.84. The number of carboxylic acid groups (broad SMARTS) is 1. The number of carboxylic acids is 1. The third-order valence-electron chi connectivity index (χ3n) is 4.98. The zero-order chi connectivity index (χ0) is 18.3. The second-order valence-electron chi connectivity index (χ2n) is 6.81. The summed E-state index contributed by atoms with van der Waals surface area (Å²) in [6, 6.07) is 12.8. The maximum absolute atomic E-state index is 12.6. The van der Waals surface area contributed by atoms with Gasteiger partial charge in [-0.1, -0.05) is 35.9 Å². The molecule has 2 aliphatic rings. The van der Waals surface area contributed by atoms with Crippen molar-refractivity contribution >= 4 is 28.8 Å². The van der Waals surface area contributed by atoms with Gasteiger partial charge in [-0.2, -0.15) is 0 Å². The molecular formula is C22H19NO3. The van der Waals surface area contributed by atoms with Crippen LogP contribution in [0, 0.1) is 0 Å². The van der Waals surface area contributed by atoms with Crippen molar-refractivity contribution in [2.24, 2.45) is 0 Å². The SMILES string of the molecule is CC1=CC=C(c2cc(C(=O)O)cc(N3C(=O)Cc4ccccc43)c2)CC1. The van der Waals surface area contributed by atoms with Crippen LogP contribution in [0.2, 0.25) is 0 Å². The molecule has 4 heteroatoms. The molecule has 1 N–H and O–H groups in total. The Morgan fingerprint density at radius 3 is 2.62 bits per heavy atom. The van der Waals surface area contributed by atoms with Crippen molar-refractivity contribution in [1.82, 2.24) is 0 Å². The van der Waals surface area contributed by atoms with Crippen molar-refractivity contribution < 1.29 is 14.7 Å². The standard InChI is InChI=1S/C22H19NO3/c1-14-6-8-15(9-7-14)17-10-18(22(25)26)12-19(11-17)23-20-5-3-2-4-16(20)13-21(23)24/h2-6,8,10-12H,7,9,13H2,1H3,(H,25,26). The first-order chi connectivity index (χ1) is 12.5. The highest BCUT2D eigenvalue weighted by Crippen LogP contribution is 2.38. The number of nitrogens with zero attached hydrogens (tertiary/aromatic N) is 1. The number of carbonyl (C=O) groups excluding carboxylic acids is 1. The summed E-state index contributed by atoms with van der Waals surface area (Å²) in [5, 5.41) is 9.54. The van der Waals surface area contributed by atoms with Gasteiger partial charge >= 0.3 is 5.97 Å². The second-order valence-corrected chi connectivity index (χ2v) is 6.81. The average molecular weight is 345 g/mol. The Morgan fingerprint density at radius 1 is 1.08 bits per heavy atom. The van der Waals surface area contributed by atoms with Crippen LogP contribution in [-0.4, -0.2) is 17.0 Å².